The van der Waals surface area contributed by atoms with Gasteiger partial charge >= 0.3 is 6.09 Å². The van der Waals surface area contributed by atoms with Crippen LogP contribution in [0, 0.1) is 0 Å². The van der Waals surface area contributed by atoms with Crippen LogP contribution in [0.25, 0.3) is 90.8 Å². The van der Waals surface area contributed by atoms with Gasteiger partial charge in [-0.15, -0.1) is 0 Å². The number of methoxy groups -OCH3 is 2. The van der Waals surface area contributed by atoms with E-state index in [-0.39, 0.29) is 96.6 Å². The van der Waals surface area contributed by atoms with E-state index in [1.807, 2.05) is 129 Å². The Labute approximate surface area is 737 Å². The van der Waals surface area contributed by atoms with E-state index < -0.39 is 11.5 Å². The lowest BCUT2D eigenvalue weighted by molar-refractivity contribution is -0.123. The van der Waals surface area contributed by atoms with Gasteiger partial charge in [-0.05, 0) is 144 Å². The van der Waals surface area contributed by atoms with Crippen molar-refractivity contribution in [1.82, 2.24) is 104 Å². The topological polar surface area (TPSA) is 556 Å². The van der Waals surface area contributed by atoms with Gasteiger partial charge in [-0.2, -0.15) is 40.8 Å². The van der Waals surface area contributed by atoms with E-state index in [9.17, 15) is 24.0 Å². The normalized spacial score (nSPS) is 14.6. The fourth-order valence-corrected chi connectivity index (χ4v) is 13.3. The third-order valence-corrected chi connectivity index (χ3v) is 19.7. The maximum Gasteiger partial charge on any atom is 0.410 e. The molecule has 0 spiro atoms. The molecule has 130 heavy (non-hydrogen) atoms. The number of carbonyl (C=O) groups is 8. The van der Waals surface area contributed by atoms with Crippen LogP contribution < -0.4 is 21.3 Å². The molecule has 0 unspecified atom stereocenters. The first-order chi connectivity index (χ1) is 63.0. The molecule has 668 valence electrons. The number of aryl methyl sites for hydroxylation is 2. The summed E-state index contributed by atoms with van der Waals surface area (Å²) >= 11 is 0. The summed E-state index contributed by atoms with van der Waals surface area (Å²) in [5.41, 5.74) is 9.79. The number of anilines is 4. The van der Waals surface area contributed by atoms with E-state index in [4.69, 9.17) is 71.8 Å². The van der Waals surface area contributed by atoms with Crippen molar-refractivity contribution < 1.29 is 85.6 Å². The number of nitrogens with one attached hydrogen (secondary N) is 7. The average Bonchev–Trinajstić information content (AvgIpc) is 1.68. The van der Waals surface area contributed by atoms with Crippen molar-refractivity contribution in [3.63, 3.8) is 0 Å². The van der Waals surface area contributed by atoms with Gasteiger partial charge in [0.1, 0.15) is 51.4 Å². The van der Waals surface area contributed by atoms with Gasteiger partial charge in [0.15, 0.2) is 23.0 Å². The monoisotopic (exact) mass is 1770 g/mol. The second-order valence-corrected chi connectivity index (χ2v) is 29.7. The van der Waals surface area contributed by atoms with E-state index in [1.54, 1.807) is 169 Å². The van der Waals surface area contributed by atoms with Gasteiger partial charge in [0, 0.05) is 116 Å². The first-order valence-corrected chi connectivity index (χ1v) is 39.9. The number of H-pyrrole nitrogens is 3. The maximum atomic E-state index is 13.0. The number of amides is 5. The summed E-state index contributed by atoms with van der Waals surface area (Å²) < 4.78 is 47.7. The molecule has 19 rings (SSSR count). The van der Waals surface area contributed by atoms with E-state index in [1.165, 1.54) is 0 Å². The molecular weight excluding hydrogens is 1680 g/mol. The molecule has 43 heteroatoms. The minimum Gasteiger partial charge on any atom is -0.483 e. The molecule has 3 aliphatic rings. The van der Waals surface area contributed by atoms with Crippen molar-refractivity contribution in [3.05, 3.63) is 244 Å². The van der Waals surface area contributed by atoms with Crippen LogP contribution in [0.4, 0.5) is 27.5 Å². The summed E-state index contributed by atoms with van der Waals surface area (Å²) in [4.78, 5) is 108. The molecule has 0 radical (unpaired) electrons. The highest BCUT2D eigenvalue weighted by Gasteiger charge is 2.38. The van der Waals surface area contributed by atoms with E-state index in [0.717, 1.165) is 47.9 Å². The molecule has 2 aliphatic carbocycles. The Kier molecular flexibility index (Phi) is 29.6. The average molecular weight is 1770 g/mol. The summed E-state index contributed by atoms with van der Waals surface area (Å²) in [5.74, 6) is 1.52. The number of rotatable bonds is 21. The number of hydrogen-bond donors (Lipinski definition) is 10. The number of ether oxygens (including phenoxy) is 3. The first kappa shape index (κ1) is 90.6. The van der Waals surface area contributed by atoms with Crippen LogP contribution in [-0.2, 0) is 42.7 Å². The van der Waals surface area contributed by atoms with Crippen LogP contribution >= 0.6 is 0 Å². The molecule has 5 amide bonds. The number of aromatic nitrogens is 20. The largest absolute Gasteiger partial charge is 0.483 e. The van der Waals surface area contributed by atoms with E-state index in [0.29, 0.717) is 104 Å². The number of pyridine rings is 4. The predicted octanol–water partition coefficient (Wildman–Crippen LogP) is 12.9. The fraction of sp³-hybridized carbons (Fsp3) is 0.218. The molecule has 1 saturated heterocycles. The van der Waals surface area contributed by atoms with Gasteiger partial charge < -0.3 is 73.4 Å². The Hall–Kier alpha value is -17.1. The highest BCUT2D eigenvalue weighted by Crippen LogP contribution is 2.40. The first-order valence-electron chi connectivity index (χ1n) is 39.9. The van der Waals surface area contributed by atoms with Gasteiger partial charge in [-0.25, -0.2) is 4.79 Å². The smallest absolute Gasteiger partial charge is 0.410 e. The lowest BCUT2D eigenvalue weighted by Gasteiger charge is -2.39. The van der Waals surface area contributed by atoms with Crippen molar-refractivity contribution in [2.45, 2.75) is 82.4 Å². The second kappa shape index (κ2) is 42.5. The third kappa shape index (κ3) is 22.9. The summed E-state index contributed by atoms with van der Waals surface area (Å²) in [6.07, 6.45) is 31.1. The minimum atomic E-state index is -0.555. The zero-order valence-electron chi connectivity index (χ0n) is 70.7. The molecule has 3 fully saturated rings. The van der Waals surface area contributed by atoms with Crippen molar-refractivity contribution in [2.24, 2.45) is 14.1 Å². The molecule has 16 aromatic rings. The Morgan fingerprint density at radius 2 is 0.731 bits per heavy atom. The summed E-state index contributed by atoms with van der Waals surface area (Å²) in [7, 11) is 7.04. The van der Waals surface area contributed by atoms with Crippen LogP contribution in [0.5, 0.6) is 0 Å². The highest BCUT2D eigenvalue weighted by molar-refractivity contribution is 6.07. The SMILES string of the molecule is CC(C)(C)OC(=O)N1CC(n2cc(NC(=O)c3ccc(-c4cn[nH]c4)o3)c(-c3ccccn3)n2)C1.COC1CC(n2cc(NC(=O)c3ccc(-c4cn[nH]c4)o3)c(-c3ccccn3)n2)C1.COC1CC(n2cc(NC(=O)c3ccc(-c4cn[nH]c4)o3)c(-c3ccccn3)n2)C1.Cn1cc(-c2ccc(C(=O)Nc3cn(C)nc3-c3ccccn3)o2)cn1.O=CO.O=CO.O=CO. The lowest BCUT2D eigenvalue weighted by atomic mass is 9.89. The molecule has 0 aromatic carbocycles. The number of nitrogens with zero attached hydrogens (tertiary/aromatic N) is 18. The molecule has 2 saturated carbocycles. The van der Waals surface area contributed by atoms with Crippen LogP contribution in [0.15, 0.2) is 238 Å². The zero-order valence-corrected chi connectivity index (χ0v) is 70.7. The van der Waals surface area contributed by atoms with Crippen molar-refractivity contribution >= 4 is 71.9 Å². The molecule has 17 heterocycles. The Morgan fingerprint density at radius 1 is 0.415 bits per heavy atom. The van der Waals surface area contributed by atoms with Crippen LogP contribution in [-0.4, -0.2) is 214 Å². The molecule has 43 nitrogen and oxygen atoms in total. The minimum absolute atomic E-state index is 0.0491. The second-order valence-electron chi connectivity index (χ2n) is 29.7. The number of carboxylic acid groups (broad SMARTS) is 3. The molecule has 0 atom stereocenters. The van der Waals surface area contributed by atoms with Crippen molar-refractivity contribution in [2.75, 3.05) is 48.6 Å². The van der Waals surface area contributed by atoms with Gasteiger partial charge in [0.05, 0.1) is 123 Å². The molecule has 1 aliphatic heterocycles. The Morgan fingerprint density at radius 3 is 1.02 bits per heavy atom. The van der Waals surface area contributed by atoms with E-state index in [2.05, 4.69) is 87.1 Å². The van der Waals surface area contributed by atoms with Gasteiger partial charge in [0.2, 0.25) is 0 Å². The Balaban J connectivity index is 0.000000144. The third-order valence-electron chi connectivity index (χ3n) is 19.7. The summed E-state index contributed by atoms with van der Waals surface area (Å²) in [6.45, 7) is 5.67. The summed E-state index contributed by atoms with van der Waals surface area (Å²) in [5, 5.41) is 74.7. The maximum absolute atomic E-state index is 13.0. The van der Waals surface area contributed by atoms with Gasteiger partial charge in [-0.1, -0.05) is 24.3 Å². The van der Waals surface area contributed by atoms with E-state index >= 15 is 0 Å². The summed E-state index contributed by atoms with van der Waals surface area (Å²) in [6, 6.07) is 36.1. The fourth-order valence-electron chi connectivity index (χ4n) is 13.3. The molecule has 16 aromatic heterocycles. The molecular formula is C87H87N25O18. The van der Waals surface area contributed by atoms with Crippen LogP contribution in [0.1, 0.15) is 107 Å². The Bertz CT molecular complexity index is 6170. The lowest BCUT2D eigenvalue weighted by Crippen LogP contribution is -2.52. The van der Waals surface area contributed by atoms with Gasteiger partial charge in [-0.3, -0.25) is 92.2 Å². The number of carbonyl (C=O) groups excluding carboxylic acids is 5. The highest BCUT2D eigenvalue weighted by atomic mass is 16.6. The quantitative estimate of drug-likeness (QED) is 0.0299. The number of likely N-dealkylation sites (tertiary alicyclic amines) is 1. The van der Waals surface area contributed by atoms with Crippen LogP contribution in [0.3, 0.4) is 0 Å². The standard InChI is InChI=1S/C24H25N7O4.2C21H20N6O3.C18H16N6O2.3CH2O2/c1-24(2,3)35-23(33)30-12-16(13-30)31-14-18(21(29-31)17-6-4-5-9-25-17)28-22(32)20-8-7-19(34-20)15-10-26-27-11-15;2*1-29-15-8-14(9-15)27-12-17(20(26-27)16-4-2-3-7-22-16)25-21(28)19-6-5-18(30-19)13-10-23-24-11-13;1-23-10-12(9-20-23)15-6-7-16(26-15)18(25)21-14-11-24(2)22-17(14)13-5-3-4-8-19-13;3*2-1-3/h4-11,14,16H,12-13H2,1-3H3,(H,26,27)(H,28,32);2*2-7,10-12,14-15H,8-9H2,1H3,(H,23,24)(H,25,28);3-11H,1-2H3,(H,21,25);3*1H,(H,2,3). The van der Waals surface area contributed by atoms with Crippen molar-refractivity contribution in [1.29, 1.82) is 0 Å². The predicted molar refractivity (Wildman–Crippen MR) is 465 cm³/mol. The molecule has 0 bridgehead atoms. The number of aromatic amines is 3. The number of furan rings is 4. The van der Waals surface area contributed by atoms with Crippen molar-refractivity contribution in [3.8, 4) is 90.8 Å². The molecule has 10 N–H and O–H groups in total. The van der Waals surface area contributed by atoms with Gasteiger partial charge in [0.25, 0.3) is 43.0 Å². The zero-order chi connectivity index (χ0) is 91.8. The van der Waals surface area contributed by atoms with Crippen LogP contribution in [0.2, 0.25) is 0 Å². The number of hydrogen-bond acceptors (Lipinski definition) is 27.